The summed E-state index contributed by atoms with van der Waals surface area (Å²) in [4.78, 5) is 7.31. The van der Waals surface area contributed by atoms with Gasteiger partial charge < -0.3 is 4.90 Å². The number of H-pyrrole nitrogens is 1. The Bertz CT molecular complexity index is 1090. The number of pyridine rings is 1. The number of aromatic amines is 1. The molecule has 0 spiro atoms. The summed E-state index contributed by atoms with van der Waals surface area (Å²) in [5, 5.41) is 16.4. The first-order valence-electron chi connectivity index (χ1n) is 8.99. The minimum absolute atomic E-state index is 0.616. The Hall–Kier alpha value is -2.99. The largest absolute Gasteiger partial charge is 0.356 e. The lowest BCUT2D eigenvalue weighted by Gasteiger charge is -2.23. The molecular weight excluding hydrogens is 360 g/mol. The molecule has 6 nitrogen and oxygen atoms in total. The fourth-order valence-corrected chi connectivity index (χ4v) is 3.95. The maximum Gasteiger partial charge on any atom is 0.183 e. The number of hydrogen-bond acceptors (Lipinski definition) is 5. The molecule has 0 saturated carbocycles. The van der Waals surface area contributed by atoms with Crippen molar-refractivity contribution >= 4 is 28.3 Å². The first kappa shape index (κ1) is 16.2. The van der Waals surface area contributed by atoms with Gasteiger partial charge in [0.15, 0.2) is 5.82 Å². The van der Waals surface area contributed by atoms with Crippen LogP contribution in [0.5, 0.6) is 0 Å². The van der Waals surface area contributed by atoms with Crippen molar-refractivity contribution in [1.29, 1.82) is 0 Å². The van der Waals surface area contributed by atoms with E-state index in [0.29, 0.717) is 10.8 Å². The van der Waals surface area contributed by atoms with E-state index in [9.17, 15) is 0 Å². The highest BCUT2D eigenvalue weighted by Crippen LogP contribution is 2.42. The van der Waals surface area contributed by atoms with E-state index >= 15 is 0 Å². The standard InChI is InChI=1S/C20H17ClN6/c21-14-8-9-16-15(12-14)17(13-6-2-1-3-7-13)18(19-23-25-26-24-19)20(22-16)27-10-4-5-11-27/h1-3,6-9,12H,4-5,10-11H2,(H,23,24,25,26). The van der Waals surface area contributed by atoms with Crippen LogP contribution in [-0.4, -0.2) is 38.7 Å². The van der Waals surface area contributed by atoms with Gasteiger partial charge in [-0.3, -0.25) is 0 Å². The molecule has 3 heterocycles. The van der Waals surface area contributed by atoms with E-state index in [2.05, 4.69) is 37.7 Å². The van der Waals surface area contributed by atoms with Gasteiger partial charge in [-0.05, 0) is 47.0 Å². The van der Waals surface area contributed by atoms with Crippen LogP contribution in [0.1, 0.15) is 12.8 Å². The van der Waals surface area contributed by atoms with Gasteiger partial charge in [-0.1, -0.05) is 41.9 Å². The number of benzene rings is 2. The van der Waals surface area contributed by atoms with Gasteiger partial charge in [-0.2, -0.15) is 0 Å². The second kappa shape index (κ2) is 6.63. The Balaban J connectivity index is 1.92. The van der Waals surface area contributed by atoms with E-state index in [-0.39, 0.29) is 0 Å². The van der Waals surface area contributed by atoms with Crippen molar-refractivity contribution in [3.63, 3.8) is 0 Å². The van der Waals surface area contributed by atoms with Crippen LogP contribution in [0.25, 0.3) is 33.4 Å². The molecule has 2 aromatic heterocycles. The molecule has 1 saturated heterocycles. The van der Waals surface area contributed by atoms with Gasteiger partial charge in [0.2, 0.25) is 0 Å². The summed E-state index contributed by atoms with van der Waals surface area (Å²) in [6, 6.07) is 16.1. The minimum Gasteiger partial charge on any atom is -0.356 e. The van der Waals surface area contributed by atoms with E-state index < -0.39 is 0 Å². The third kappa shape index (κ3) is 2.82. The van der Waals surface area contributed by atoms with Crippen molar-refractivity contribution < 1.29 is 0 Å². The lowest BCUT2D eigenvalue weighted by molar-refractivity contribution is 0.881. The topological polar surface area (TPSA) is 70.6 Å². The van der Waals surface area contributed by atoms with Crippen LogP contribution in [0, 0.1) is 0 Å². The molecule has 5 rings (SSSR count). The highest BCUT2D eigenvalue weighted by atomic mass is 35.5. The highest BCUT2D eigenvalue weighted by molar-refractivity contribution is 6.31. The monoisotopic (exact) mass is 376 g/mol. The molecule has 1 aliphatic rings. The number of anilines is 1. The molecular formula is C20H17ClN6. The van der Waals surface area contributed by atoms with E-state index in [1.165, 1.54) is 0 Å². The summed E-state index contributed by atoms with van der Waals surface area (Å²) >= 11 is 6.34. The van der Waals surface area contributed by atoms with Crippen LogP contribution in [0.4, 0.5) is 5.82 Å². The van der Waals surface area contributed by atoms with Crippen LogP contribution in [0.2, 0.25) is 5.02 Å². The van der Waals surface area contributed by atoms with Crippen molar-refractivity contribution in [3.8, 4) is 22.5 Å². The van der Waals surface area contributed by atoms with Gasteiger partial charge in [0.05, 0.1) is 11.1 Å². The van der Waals surface area contributed by atoms with Crippen molar-refractivity contribution in [3.05, 3.63) is 53.6 Å². The van der Waals surface area contributed by atoms with Crippen LogP contribution >= 0.6 is 11.6 Å². The lowest BCUT2D eigenvalue weighted by Crippen LogP contribution is -2.20. The zero-order chi connectivity index (χ0) is 18.2. The quantitative estimate of drug-likeness (QED) is 0.576. The predicted molar refractivity (Wildman–Crippen MR) is 107 cm³/mol. The Morgan fingerprint density at radius 2 is 1.78 bits per heavy atom. The zero-order valence-corrected chi connectivity index (χ0v) is 15.3. The molecule has 0 bridgehead atoms. The fraction of sp³-hybridized carbons (Fsp3) is 0.200. The predicted octanol–water partition coefficient (Wildman–Crippen LogP) is 4.34. The van der Waals surface area contributed by atoms with E-state index in [0.717, 1.165) is 59.3 Å². The molecule has 1 fully saturated rings. The molecule has 134 valence electrons. The second-order valence-corrected chi connectivity index (χ2v) is 7.09. The van der Waals surface area contributed by atoms with Crippen molar-refractivity contribution in [2.45, 2.75) is 12.8 Å². The smallest absolute Gasteiger partial charge is 0.183 e. The number of hydrogen-bond donors (Lipinski definition) is 1. The maximum absolute atomic E-state index is 6.34. The molecule has 4 aromatic rings. The van der Waals surface area contributed by atoms with E-state index in [1.54, 1.807) is 0 Å². The second-order valence-electron chi connectivity index (χ2n) is 6.66. The van der Waals surface area contributed by atoms with Gasteiger partial charge in [-0.25, -0.2) is 10.1 Å². The summed E-state index contributed by atoms with van der Waals surface area (Å²) in [5.41, 5.74) is 3.96. The third-order valence-corrected chi connectivity index (χ3v) is 5.21. The molecule has 1 aliphatic heterocycles. The summed E-state index contributed by atoms with van der Waals surface area (Å²) in [6.07, 6.45) is 2.32. The summed E-state index contributed by atoms with van der Waals surface area (Å²) in [7, 11) is 0. The highest BCUT2D eigenvalue weighted by Gasteiger charge is 2.25. The zero-order valence-electron chi connectivity index (χ0n) is 14.6. The summed E-state index contributed by atoms with van der Waals surface area (Å²) < 4.78 is 0. The number of nitrogens with one attached hydrogen (secondary N) is 1. The number of rotatable bonds is 3. The average Bonchev–Trinajstić information content (AvgIpc) is 3.41. The molecule has 0 amide bonds. The molecule has 7 heteroatoms. The van der Waals surface area contributed by atoms with Crippen molar-refractivity contribution in [1.82, 2.24) is 25.6 Å². The molecule has 1 N–H and O–H groups in total. The van der Waals surface area contributed by atoms with E-state index in [4.69, 9.17) is 16.6 Å². The van der Waals surface area contributed by atoms with Gasteiger partial charge >= 0.3 is 0 Å². The minimum atomic E-state index is 0.616. The first-order valence-corrected chi connectivity index (χ1v) is 9.37. The summed E-state index contributed by atoms with van der Waals surface area (Å²) in [5.74, 6) is 1.53. The van der Waals surface area contributed by atoms with E-state index in [1.807, 2.05) is 36.4 Å². The van der Waals surface area contributed by atoms with Gasteiger partial charge in [0.25, 0.3) is 0 Å². The Morgan fingerprint density at radius 1 is 0.963 bits per heavy atom. The normalized spacial score (nSPS) is 14.2. The molecule has 27 heavy (non-hydrogen) atoms. The Morgan fingerprint density at radius 3 is 2.52 bits per heavy atom. The Kier molecular flexibility index (Phi) is 3.98. The third-order valence-electron chi connectivity index (χ3n) is 4.98. The van der Waals surface area contributed by atoms with Crippen LogP contribution in [-0.2, 0) is 0 Å². The molecule has 0 radical (unpaired) electrons. The summed E-state index contributed by atoms with van der Waals surface area (Å²) in [6.45, 7) is 1.96. The lowest BCUT2D eigenvalue weighted by atomic mass is 9.95. The van der Waals surface area contributed by atoms with Gasteiger partial charge in [0.1, 0.15) is 5.82 Å². The van der Waals surface area contributed by atoms with Crippen LogP contribution in [0.15, 0.2) is 48.5 Å². The van der Waals surface area contributed by atoms with Gasteiger partial charge in [0, 0.05) is 29.1 Å². The number of aromatic nitrogens is 5. The van der Waals surface area contributed by atoms with Crippen LogP contribution in [0.3, 0.4) is 0 Å². The number of tetrazole rings is 1. The number of fused-ring (bicyclic) bond motifs is 1. The number of halogens is 1. The molecule has 2 aromatic carbocycles. The molecule has 0 unspecified atom stereocenters. The van der Waals surface area contributed by atoms with Crippen molar-refractivity contribution in [2.75, 3.05) is 18.0 Å². The molecule has 0 aliphatic carbocycles. The number of nitrogens with zero attached hydrogens (tertiary/aromatic N) is 5. The SMILES string of the molecule is Clc1ccc2nc(N3CCCC3)c(-c3nnn[nH]3)c(-c3ccccc3)c2c1. The average molecular weight is 377 g/mol. The van der Waals surface area contributed by atoms with Crippen LogP contribution < -0.4 is 4.90 Å². The van der Waals surface area contributed by atoms with Crippen molar-refractivity contribution in [2.24, 2.45) is 0 Å². The maximum atomic E-state index is 6.34. The fourth-order valence-electron chi connectivity index (χ4n) is 3.77. The Labute approximate surface area is 161 Å². The molecule has 0 atom stereocenters. The van der Waals surface area contributed by atoms with Gasteiger partial charge in [-0.15, -0.1) is 5.10 Å². The first-order chi connectivity index (χ1) is 13.3.